The van der Waals surface area contributed by atoms with Crippen LogP contribution >= 0.6 is 15.9 Å². The fourth-order valence-electron chi connectivity index (χ4n) is 2.84. The highest BCUT2D eigenvalue weighted by Gasteiger charge is 2.34. The first-order chi connectivity index (χ1) is 10.1. The summed E-state index contributed by atoms with van der Waals surface area (Å²) in [6, 6.07) is 2.20. The van der Waals surface area contributed by atoms with Crippen molar-refractivity contribution in [1.82, 2.24) is 9.88 Å². The maximum Gasteiger partial charge on any atom is 0.312 e. The highest BCUT2D eigenvalue weighted by molar-refractivity contribution is 9.10. The first kappa shape index (κ1) is 14.7. The molecule has 0 saturated carbocycles. The number of pyridine rings is 1. The van der Waals surface area contributed by atoms with Gasteiger partial charge >= 0.3 is 5.69 Å². The molecule has 0 aromatic carbocycles. The number of piperazine rings is 1. The van der Waals surface area contributed by atoms with E-state index in [1.165, 1.54) is 6.07 Å². The van der Waals surface area contributed by atoms with Crippen molar-refractivity contribution >= 4 is 27.4 Å². The molecule has 0 unspecified atom stereocenters. The van der Waals surface area contributed by atoms with Gasteiger partial charge in [0.05, 0.1) is 24.2 Å². The SMILES string of the molecule is C[C@H]1CN(C2COC2)CCN1c1ncc(Br)cc1[N+](=O)[O-]. The fraction of sp³-hybridized carbons (Fsp3) is 0.615. The van der Waals surface area contributed by atoms with Crippen molar-refractivity contribution in [2.45, 2.75) is 19.0 Å². The molecule has 3 rings (SSSR count). The molecule has 0 radical (unpaired) electrons. The van der Waals surface area contributed by atoms with Crippen LogP contribution in [-0.2, 0) is 4.74 Å². The minimum atomic E-state index is -0.369. The van der Waals surface area contributed by atoms with E-state index in [1.54, 1.807) is 6.20 Å². The number of hydrogen-bond acceptors (Lipinski definition) is 6. The normalized spacial score (nSPS) is 23.9. The molecule has 0 N–H and O–H groups in total. The van der Waals surface area contributed by atoms with Gasteiger partial charge in [-0.2, -0.15) is 0 Å². The summed E-state index contributed by atoms with van der Waals surface area (Å²) in [4.78, 5) is 19.6. The van der Waals surface area contributed by atoms with Crippen molar-refractivity contribution in [3.05, 3.63) is 26.9 Å². The predicted molar refractivity (Wildman–Crippen MR) is 81.6 cm³/mol. The van der Waals surface area contributed by atoms with Gasteiger partial charge in [-0.1, -0.05) is 0 Å². The van der Waals surface area contributed by atoms with E-state index in [0.29, 0.717) is 16.3 Å². The fourth-order valence-corrected chi connectivity index (χ4v) is 3.16. The Kier molecular flexibility index (Phi) is 4.10. The minimum Gasteiger partial charge on any atom is -0.378 e. The molecule has 8 heteroatoms. The van der Waals surface area contributed by atoms with Gasteiger partial charge in [0.1, 0.15) is 0 Å². The largest absolute Gasteiger partial charge is 0.378 e. The molecule has 2 aliphatic rings. The zero-order chi connectivity index (χ0) is 15.0. The molecule has 1 atom stereocenters. The first-order valence-electron chi connectivity index (χ1n) is 6.94. The smallest absolute Gasteiger partial charge is 0.312 e. The Balaban J connectivity index is 1.79. The minimum absolute atomic E-state index is 0.0525. The number of nitrogens with zero attached hydrogens (tertiary/aromatic N) is 4. The van der Waals surface area contributed by atoms with Crippen LogP contribution in [0.4, 0.5) is 11.5 Å². The molecule has 2 aliphatic heterocycles. The average Bonchev–Trinajstić information content (AvgIpc) is 2.37. The Bertz CT molecular complexity index is 552. The number of ether oxygens (including phenoxy) is 1. The molecule has 1 aromatic heterocycles. The quantitative estimate of drug-likeness (QED) is 0.605. The monoisotopic (exact) mass is 356 g/mol. The van der Waals surface area contributed by atoms with E-state index in [2.05, 4.69) is 32.7 Å². The molecule has 0 amide bonds. The molecule has 2 fully saturated rings. The number of halogens is 1. The second-order valence-corrected chi connectivity index (χ2v) is 6.40. The molecule has 0 bridgehead atoms. The molecule has 1 aromatic rings. The van der Waals surface area contributed by atoms with E-state index in [1.807, 2.05) is 4.90 Å². The lowest BCUT2D eigenvalue weighted by Gasteiger charge is -2.45. The van der Waals surface area contributed by atoms with E-state index >= 15 is 0 Å². The average molecular weight is 357 g/mol. The van der Waals surface area contributed by atoms with Crippen LogP contribution in [0.5, 0.6) is 0 Å². The van der Waals surface area contributed by atoms with Gasteiger partial charge in [-0.15, -0.1) is 0 Å². The highest BCUT2D eigenvalue weighted by Crippen LogP contribution is 2.31. The summed E-state index contributed by atoms with van der Waals surface area (Å²) in [6.45, 7) is 6.18. The Morgan fingerprint density at radius 3 is 2.81 bits per heavy atom. The molecule has 0 aliphatic carbocycles. The molecular weight excluding hydrogens is 340 g/mol. The van der Waals surface area contributed by atoms with Gasteiger partial charge in [-0.25, -0.2) is 4.98 Å². The maximum atomic E-state index is 11.2. The van der Waals surface area contributed by atoms with Crippen LogP contribution in [0, 0.1) is 10.1 Å². The summed E-state index contributed by atoms with van der Waals surface area (Å²) < 4.78 is 5.86. The van der Waals surface area contributed by atoms with Gasteiger partial charge in [0.15, 0.2) is 0 Å². The van der Waals surface area contributed by atoms with Crippen LogP contribution in [0.3, 0.4) is 0 Å². The number of aromatic nitrogens is 1. The Morgan fingerprint density at radius 2 is 2.24 bits per heavy atom. The van der Waals surface area contributed by atoms with Gasteiger partial charge in [-0.3, -0.25) is 15.0 Å². The lowest BCUT2D eigenvalue weighted by atomic mass is 10.1. The van der Waals surface area contributed by atoms with Crippen molar-refractivity contribution in [3.63, 3.8) is 0 Å². The predicted octanol–water partition coefficient (Wildman–Crippen LogP) is 1.66. The van der Waals surface area contributed by atoms with Gasteiger partial charge in [0.2, 0.25) is 5.82 Å². The van der Waals surface area contributed by atoms with Crippen LogP contribution in [0.1, 0.15) is 6.92 Å². The van der Waals surface area contributed by atoms with E-state index in [4.69, 9.17) is 4.74 Å². The first-order valence-corrected chi connectivity index (χ1v) is 7.74. The Labute approximate surface area is 131 Å². The van der Waals surface area contributed by atoms with E-state index < -0.39 is 0 Å². The molecule has 21 heavy (non-hydrogen) atoms. The van der Waals surface area contributed by atoms with E-state index in [-0.39, 0.29) is 16.7 Å². The third-order valence-corrected chi connectivity index (χ3v) is 4.51. The summed E-state index contributed by atoms with van der Waals surface area (Å²) in [5.41, 5.74) is 0.0525. The third kappa shape index (κ3) is 2.88. The second-order valence-electron chi connectivity index (χ2n) is 5.48. The van der Waals surface area contributed by atoms with Gasteiger partial charge < -0.3 is 9.64 Å². The van der Waals surface area contributed by atoms with E-state index in [9.17, 15) is 10.1 Å². The number of rotatable bonds is 3. The van der Waals surface area contributed by atoms with Crippen molar-refractivity contribution in [2.24, 2.45) is 0 Å². The van der Waals surface area contributed by atoms with Crippen LogP contribution in [-0.4, -0.2) is 59.7 Å². The summed E-state index contributed by atoms with van der Waals surface area (Å²) in [5.74, 6) is 0.459. The van der Waals surface area contributed by atoms with Gasteiger partial charge in [0.25, 0.3) is 0 Å². The molecule has 0 spiro atoms. The second kappa shape index (κ2) is 5.86. The summed E-state index contributed by atoms with van der Waals surface area (Å²) >= 11 is 3.24. The molecular formula is C13H17BrN4O3. The van der Waals surface area contributed by atoms with Crippen LogP contribution in [0.15, 0.2) is 16.7 Å². The van der Waals surface area contributed by atoms with E-state index in [0.717, 1.165) is 32.8 Å². The third-order valence-electron chi connectivity index (χ3n) is 4.08. The number of hydrogen-bond donors (Lipinski definition) is 0. The summed E-state index contributed by atoms with van der Waals surface area (Å²) in [7, 11) is 0. The molecule has 7 nitrogen and oxygen atoms in total. The van der Waals surface area contributed by atoms with Crippen LogP contribution in [0.25, 0.3) is 0 Å². The van der Waals surface area contributed by atoms with Crippen molar-refractivity contribution < 1.29 is 9.66 Å². The highest BCUT2D eigenvalue weighted by atomic mass is 79.9. The summed E-state index contributed by atoms with van der Waals surface area (Å²) in [5, 5.41) is 11.2. The van der Waals surface area contributed by atoms with Gasteiger partial charge in [-0.05, 0) is 22.9 Å². The lowest BCUT2D eigenvalue weighted by molar-refractivity contribution is -0.384. The van der Waals surface area contributed by atoms with Gasteiger partial charge in [0, 0.05) is 42.4 Å². The van der Waals surface area contributed by atoms with Crippen molar-refractivity contribution in [3.8, 4) is 0 Å². The molecule has 114 valence electrons. The zero-order valence-corrected chi connectivity index (χ0v) is 13.3. The Morgan fingerprint density at radius 1 is 1.48 bits per heavy atom. The van der Waals surface area contributed by atoms with Crippen LogP contribution < -0.4 is 4.90 Å². The summed E-state index contributed by atoms with van der Waals surface area (Å²) in [6.07, 6.45) is 1.61. The number of nitro groups is 1. The standard InChI is InChI=1S/C13H17BrN4O3/c1-9-6-16(11-7-21-8-11)2-3-17(9)13-12(18(19)20)4-10(14)5-15-13/h4-5,9,11H,2-3,6-8H2,1H3/t9-/m0/s1. The topological polar surface area (TPSA) is 71.7 Å². The van der Waals surface area contributed by atoms with Crippen LogP contribution in [0.2, 0.25) is 0 Å². The Hall–Kier alpha value is -1.25. The lowest BCUT2D eigenvalue weighted by Crippen LogP contribution is -2.59. The zero-order valence-electron chi connectivity index (χ0n) is 11.7. The van der Waals surface area contributed by atoms with Crippen molar-refractivity contribution in [2.75, 3.05) is 37.7 Å². The molecule has 2 saturated heterocycles. The van der Waals surface area contributed by atoms with Crippen molar-refractivity contribution in [1.29, 1.82) is 0 Å². The number of anilines is 1. The maximum absolute atomic E-state index is 11.2. The molecule has 3 heterocycles.